The molecule has 0 aliphatic carbocycles. The van der Waals surface area contributed by atoms with Crippen molar-refractivity contribution in [2.24, 2.45) is 0 Å². The minimum Gasteiger partial charge on any atom is -0.487 e. The third-order valence-corrected chi connectivity index (χ3v) is 4.18. The number of ether oxygens (including phenoxy) is 1. The maximum atomic E-state index is 12.1. The number of nitrogens with zero attached hydrogens (tertiary/aromatic N) is 1. The van der Waals surface area contributed by atoms with Crippen molar-refractivity contribution in [3.63, 3.8) is 0 Å². The van der Waals surface area contributed by atoms with E-state index in [1.54, 1.807) is 0 Å². The van der Waals surface area contributed by atoms with Gasteiger partial charge in [-0.2, -0.15) is 26.9 Å². The molecule has 1 heterocycles. The number of benzene rings is 1. The molecule has 0 aromatic heterocycles. The highest BCUT2D eigenvalue weighted by Crippen LogP contribution is 2.36. The normalized spacial score (nSPS) is 18.0. The van der Waals surface area contributed by atoms with Crippen molar-refractivity contribution in [2.75, 3.05) is 6.61 Å². The van der Waals surface area contributed by atoms with Crippen molar-refractivity contribution in [1.29, 1.82) is 5.26 Å². The molecule has 0 radical (unpaired) electrons. The molecule has 0 saturated heterocycles. The molecule has 0 saturated carbocycles. The van der Waals surface area contributed by atoms with Crippen LogP contribution in [0.4, 0.5) is 13.2 Å². The van der Waals surface area contributed by atoms with Crippen LogP contribution >= 0.6 is 11.6 Å². The Morgan fingerprint density at radius 3 is 2.71 bits per heavy atom. The highest BCUT2D eigenvalue weighted by atomic mass is 35.5. The maximum Gasteiger partial charge on any atom is 0.523 e. The van der Waals surface area contributed by atoms with Crippen LogP contribution < -0.4 is 4.74 Å². The van der Waals surface area contributed by atoms with E-state index in [9.17, 15) is 21.6 Å². The predicted octanol–water partition coefficient (Wildman–Crippen LogP) is 2.38. The second-order valence-electron chi connectivity index (χ2n) is 4.14. The molecule has 0 fully saturated rings. The minimum absolute atomic E-state index is 0.0526. The fourth-order valence-corrected chi connectivity index (χ4v) is 2.50. The Morgan fingerprint density at radius 2 is 2.14 bits per heavy atom. The van der Waals surface area contributed by atoms with Crippen molar-refractivity contribution in [3.8, 4) is 11.8 Å². The average molecular weight is 342 g/mol. The molecule has 1 aliphatic heterocycles. The number of rotatable bonds is 3. The Kier molecular flexibility index (Phi) is 4.06. The molecule has 21 heavy (non-hydrogen) atoms. The Hall–Kier alpha value is -1.50. The third-order valence-electron chi connectivity index (χ3n) is 2.74. The van der Waals surface area contributed by atoms with E-state index in [0.717, 1.165) is 0 Å². The van der Waals surface area contributed by atoms with E-state index < -0.39 is 28.3 Å². The molecule has 0 bridgehead atoms. The summed E-state index contributed by atoms with van der Waals surface area (Å²) >= 11 is 5.94. The number of hydrogen-bond acceptors (Lipinski definition) is 5. The van der Waals surface area contributed by atoms with Gasteiger partial charge in [-0.25, -0.2) is 0 Å². The molecule has 114 valence electrons. The first kappa shape index (κ1) is 15.9. The van der Waals surface area contributed by atoms with Gasteiger partial charge in [0.2, 0.25) is 0 Å². The summed E-state index contributed by atoms with van der Waals surface area (Å²) in [5.74, 6) is 0.289. The SMILES string of the molecule is N#Cc1ccc2c(c1Cl)CC(COS(=O)(=O)C(F)(F)F)O2. The molecule has 0 amide bonds. The lowest BCUT2D eigenvalue weighted by Crippen LogP contribution is -2.30. The number of alkyl halides is 3. The molecule has 1 aromatic carbocycles. The van der Waals surface area contributed by atoms with Gasteiger partial charge in [-0.05, 0) is 12.1 Å². The summed E-state index contributed by atoms with van der Waals surface area (Å²) in [6, 6.07) is 4.69. The molecule has 2 rings (SSSR count). The van der Waals surface area contributed by atoms with E-state index in [4.69, 9.17) is 21.6 Å². The van der Waals surface area contributed by atoms with Crippen LogP contribution in [-0.2, 0) is 20.7 Å². The molecular formula is C11H7ClF3NO4S. The monoisotopic (exact) mass is 341 g/mol. The number of fused-ring (bicyclic) bond motifs is 1. The van der Waals surface area contributed by atoms with Gasteiger partial charge in [-0.1, -0.05) is 11.6 Å². The van der Waals surface area contributed by atoms with E-state index in [0.29, 0.717) is 5.56 Å². The van der Waals surface area contributed by atoms with Gasteiger partial charge in [0.1, 0.15) is 24.5 Å². The molecule has 1 aromatic rings. The van der Waals surface area contributed by atoms with Crippen LogP contribution in [0.15, 0.2) is 12.1 Å². The van der Waals surface area contributed by atoms with Gasteiger partial charge in [0.05, 0.1) is 10.6 Å². The lowest BCUT2D eigenvalue weighted by molar-refractivity contribution is -0.0557. The number of nitriles is 1. The quantitative estimate of drug-likeness (QED) is 0.623. The largest absolute Gasteiger partial charge is 0.523 e. The van der Waals surface area contributed by atoms with Crippen molar-refractivity contribution < 1.29 is 30.5 Å². The highest BCUT2D eigenvalue weighted by Gasteiger charge is 2.47. The van der Waals surface area contributed by atoms with Gasteiger partial charge in [-0.15, -0.1) is 0 Å². The van der Waals surface area contributed by atoms with Crippen LogP contribution in [0, 0.1) is 11.3 Å². The van der Waals surface area contributed by atoms with E-state index in [1.165, 1.54) is 12.1 Å². The van der Waals surface area contributed by atoms with E-state index in [1.807, 2.05) is 6.07 Å². The van der Waals surface area contributed by atoms with Crippen LogP contribution in [0.2, 0.25) is 5.02 Å². The first-order chi connectivity index (χ1) is 9.65. The lowest BCUT2D eigenvalue weighted by Gasteiger charge is -2.12. The molecule has 1 unspecified atom stereocenters. The van der Waals surface area contributed by atoms with Gasteiger partial charge in [0, 0.05) is 12.0 Å². The van der Waals surface area contributed by atoms with Crippen molar-refractivity contribution in [1.82, 2.24) is 0 Å². The van der Waals surface area contributed by atoms with Gasteiger partial charge in [0.15, 0.2) is 0 Å². The first-order valence-electron chi connectivity index (χ1n) is 5.49. The summed E-state index contributed by atoms with van der Waals surface area (Å²) in [5, 5.41) is 8.95. The molecule has 1 aliphatic rings. The topological polar surface area (TPSA) is 76.4 Å². The summed E-state index contributed by atoms with van der Waals surface area (Å²) in [4.78, 5) is 0. The van der Waals surface area contributed by atoms with E-state index in [-0.39, 0.29) is 22.8 Å². The van der Waals surface area contributed by atoms with Gasteiger partial charge < -0.3 is 4.74 Å². The number of hydrogen-bond donors (Lipinski definition) is 0. The standard InChI is InChI=1S/C11H7ClF3NO4S/c12-10-6(4-16)1-2-9-8(10)3-7(20-9)5-19-21(17,18)11(13,14)15/h1-2,7H,3,5H2. The first-order valence-corrected chi connectivity index (χ1v) is 7.28. The summed E-state index contributed by atoms with van der Waals surface area (Å²) in [7, 11) is -5.66. The fraction of sp³-hybridized carbons (Fsp3) is 0.364. The second-order valence-corrected chi connectivity index (χ2v) is 6.13. The summed E-state index contributed by atoms with van der Waals surface area (Å²) in [5.41, 5.74) is -4.85. The van der Waals surface area contributed by atoms with Crippen LogP contribution in [0.25, 0.3) is 0 Å². The minimum atomic E-state index is -5.66. The van der Waals surface area contributed by atoms with Crippen LogP contribution in [0.5, 0.6) is 5.75 Å². The van der Waals surface area contributed by atoms with E-state index in [2.05, 4.69) is 4.18 Å². The Morgan fingerprint density at radius 1 is 1.48 bits per heavy atom. The zero-order valence-electron chi connectivity index (χ0n) is 10.1. The third kappa shape index (κ3) is 3.07. The molecule has 0 spiro atoms. The van der Waals surface area contributed by atoms with Crippen LogP contribution in [0.1, 0.15) is 11.1 Å². The Balaban J connectivity index is 2.09. The van der Waals surface area contributed by atoms with Crippen molar-refractivity contribution in [2.45, 2.75) is 18.0 Å². The summed E-state index contributed by atoms with van der Waals surface area (Å²) in [6.45, 7) is -0.797. The second kappa shape index (κ2) is 5.36. The zero-order chi connectivity index (χ0) is 15.8. The lowest BCUT2D eigenvalue weighted by atomic mass is 10.1. The molecular weight excluding hydrogens is 335 g/mol. The number of halogens is 4. The average Bonchev–Trinajstić information content (AvgIpc) is 2.80. The molecule has 10 heteroatoms. The highest BCUT2D eigenvalue weighted by molar-refractivity contribution is 7.87. The zero-order valence-corrected chi connectivity index (χ0v) is 11.7. The predicted molar refractivity (Wildman–Crippen MR) is 65.2 cm³/mol. The molecule has 1 atom stereocenters. The molecule has 5 nitrogen and oxygen atoms in total. The molecule has 0 N–H and O–H groups in total. The van der Waals surface area contributed by atoms with Gasteiger partial charge in [0.25, 0.3) is 0 Å². The fourth-order valence-electron chi connectivity index (χ4n) is 1.76. The maximum absolute atomic E-state index is 12.1. The van der Waals surface area contributed by atoms with E-state index >= 15 is 0 Å². The Bertz CT molecular complexity index is 711. The van der Waals surface area contributed by atoms with Crippen LogP contribution in [-0.4, -0.2) is 26.6 Å². The Labute approximate surface area is 123 Å². The summed E-state index contributed by atoms with van der Waals surface area (Å²) < 4.78 is 67.1. The van der Waals surface area contributed by atoms with Crippen molar-refractivity contribution in [3.05, 3.63) is 28.3 Å². The smallest absolute Gasteiger partial charge is 0.487 e. The van der Waals surface area contributed by atoms with Gasteiger partial charge >= 0.3 is 15.6 Å². The summed E-state index contributed by atoms with van der Waals surface area (Å²) in [6.07, 6.45) is -0.875. The van der Waals surface area contributed by atoms with Gasteiger partial charge in [-0.3, -0.25) is 4.18 Å². The van der Waals surface area contributed by atoms with Crippen molar-refractivity contribution >= 4 is 21.7 Å². The van der Waals surface area contributed by atoms with Crippen LogP contribution in [0.3, 0.4) is 0 Å².